The van der Waals surface area contributed by atoms with Gasteiger partial charge in [-0.2, -0.15) is 0 Å². The van der Waals surface area contributed by atoms with Gasteiger partial charge in [-0.25, -0.2) is 0 Å². The molecule has 0 bridgehead atoms. The minimum atomic E-state index is -0.765. The molecule has 0 saturated heterocycles. The molecule has 0 N–H and O–H groups in total. The van der Waals surface area contributed by atoms with E-state index in [-0.39, 0.29) is 31.1 Å². The Morgan fingerprint density at radius 3 is 0.767 bits per heavy atom. The number of carbonyl (C=O) groups is 3. The van der Waals surface area contributed by atoms with E-state index in [9.17, 15) is 14.4 Å². The fourth-order valence-corrected chi connectivity index (χ4v) is 9.75. The summed E-state index contributed by atoms with van der Waals surface area (Å²) in [6, 6.07) is 0. The van der Waals surface area contributed by atoms with Crippen LogP contribution >= 0.6 is 0 Å². The highest BCUT2D eigenvalue weighted by atomic mass is 16.6. The van der Waals surface area contributed by atoms with Crippen LogP contribution in [0.4, 0.5) is 0 Å². The molecule has 73 heavy (non-hydrogen) atoms. The van der Waals surface area contributed by atoms with E-state index >= 15 is 0 Å². The number of hydrogen-bond donors (Lipinski definition) is 0. The van der Waals surface area contributed by atoms with E-state index in [0.717, 1.165) is 70.6 Å². The van der Waals surface area contributed by atoms with Crippen molar-refractivity contribution in [1.29, 1.82) is 0 Å². The number of carbonyl (C=O) groups excluding carboxylic acids is 3. The van der Waals surface area contributed by atoms with Gasteiger partial charge in [-0.05, 0) is 57.8 Å². The number of ether oxygens (including phenoxy) is 3. The van der Waals surface area contributed by atoms with Crippen molar-refractivity contribution in [3.63, 3.8) is 0 Å². The molecular weight excluding hydrogens is 901 g/mol. The second kappa shape index (κ2) is 62.2. The lowest BCUT2D eigenvalue weighted by Gasteiger charge is -2.18. The van der Waals surface area contributed by atoms with E-state index in [1.54, 1.807) is 0 Å². The van der Waals surface area contributed by atoms with Crippen LogP contribution in [0.2, 0.25) is 0 Å². The lowest BCUT2D eigenvalue weighted by molar-refractivity contribution is -0.167. The predicted molar refractivity (Wildman–Crippen MR) is 316 cm³/mol. The van der Waals surface area contributed by atoms with Crippen LogP contribution in [0.3, 0.4) is 0 Å². The van der Waals surface area contributed by atoms with E-state index in [2.05, 4.69) is 57.2 Å². The largest absolute Gasteiger partial charge is 0.462 e. The number of rotatable bonds is 60. The molecule has 0 aliphatic heterocycles. The van der Waals surface area contributed by atoms with E-state index in [4.69, 9.17) is 14.2 Å². The van der Waals surface area contributed by atoms with E-state index in [1.165, 1.54) is 244 Å². The predicted octanol–water partition coefficient (Wildman–Crippen LogP) is 22.0. The lowest BCUT2D eigenvalue weighted by atomic mass is 10.0. The van der Waals surface area contributed by atoms with Gasteiger partial charge in [-0.15, -0.1) is 0 Å². The minimum Gasteiger partial charge on any atom is -0.462 e. The molecule has 0 radical (unpaired) electrons. The summed E-state index contributed by atoms with van der Waals surface area (Å²) in [6.45, 7) is 6.62. The van der Waals surface area contributed by atoms with Gasteiger partial charge >= 0.3 is 17.9 Å². The molecule has 0 aliphatic rings. The summed E-state index contributed by atoms with van der Waals surface area (Å²) >= 11 is 0. The zero-order chi connectivity index (χ0) is 52.9. The van der Waals surface area contributed by atoms with Crippen molar-refractivity contribution < 1.29 is 28.6 Å². The summed E-state index contributed by atoms with van der Waals surface area (Å²) in [5.74, 6) is -0.854. The summed E-state index contributed by atoms with van der Waals surface area (Å²) < 4.78 is 16.8. The SMILES string of the molecule is CCCCCCC/C=C\C/C=C\C/C=C\CCCCCCCCCCCCCCCCCCC(=O)OCC(COC(=O)CCCCCCCC)OC(=O)CCCCCCCCCCCCCCCCCCCC. The van der Waals surface area contributed by atoms with Crippen LogP contribution in [0.15, 0.2) is 36.5 Å². The highest BCUT2D eigenvalue weighted by molar-refractivity contribution is 5.71. The van der Waals surface area contributed by atoms with Gasteiger partial charge in [-0.3, -0.25) is 14.4 Å². The van der Waals surface area contributed by atoms with Crippen LogP contribution in [0.25, 0.3) is 0 Å². The maximum atomic E-state index is 12.8. The van der Waals surface area contributed by atoms with Crippen molar-refractivity contribution >= 4 is 17.9 Å². The first-order chi connectivity index (χ1) is 36.0. The third kappa shape index (κ3) is 60.4. The Morgan fingerprint density at radius 1 is 0.274 bits per heavy atom. The molecule has 6 heteroatoms. The highest BCUT2D eigenvalue weighted by Gasteiger charge is 2.19. The first-order valence-electron chi connectivity index (χ1n) is 32.5. The summed E-state index contributed by atoms with van der Waals surface area (Å²) in [5, 5.41) is 0. The Balaban J connectivity index is 3.98. The number of esters is 3. The first-order valence-corrected chi connectivity index (χ1v) is 32.5. The van der Waals surface area contributed by atoms with Crippen LogP contribution < -0.4 is 0 Å². The first kappa shape index (κ1) is 70.6. The maximum Gasteiger partial charge on any atom is 0.306 e. The van der Waals surface area contributed by atoms with Gasteiger partial charge in [0.1, 0.15) is 13.2 Å². The quantitative estimate of drug-likeness (QED) is 0.0261. The topological polar surface area (TPSA) is 78.9 Å². The van der Waals surface area contributed by atoms with Gasteiger partial charge in [0.15, 0.2) is 6.10 Å². The molecule has 428 valence electrons. The fraction of sp³-hybridized carbons (Fsp3) is 0.866. The molecular formula is C67H124O6. The standard InChI is InChI=1S/C67H124O6/c1-4-7-10-13-16-18-20-22-24-26-28-29-30-31-32-33-34-35-36-37-38-39-40-42-43-45-47-49-51-54-57-60-66(69)72-63-64(62-71-65(68)59-56-53-15-12-9-6-3)73-67(70)61-58-55-52-50-48-46-44-41-27-25-23-21-19-17-14-11-8-5-2/h20,22,26,28,30-31,64H,4-19,21,23-25,27,29,32-63H2,1-3H3/b22-20-,28-26-,31-30-. The number of hydrogen-bond acceptors (Lipinski definition) is 6. The fourth-order valence-electron chi connectivity index (χ4n) is 9.75. The van der Waals surface area contributed by atoms with E-state index in [1.807, 2.05) is 0 Å². The Hall–Kier alpha value is -2.37. The Kier molecular flexibility index (Phi) is 60.2. The molecule has 0 aromatic heterocycles. The molecule has 0 rings (SSSR count). The van der Waals surface area contributed by atoms with Crippen LogP contribution in [0, 0.1) is 0 Å². The smallest absolute Gasteiger partial charge is 0.306 e. The molecule has 0 aliphatic carbocycles. The average molecular weight is 1030 g/mol. The van der Waals surface area contributed by atoms with Gasteiger partial charge < -0.3 is 14.2 Å². The van der Waals surface area contributed by atoms with Crippen molar-refractivity contribution in [1.82, 2.24) is 0 Å². The van der Waals surface area contributed by atoms with E-state index in [0.29, 0.717) is 19.3 Å². The van der Waals surface area contributed by atoms with Crippen molar-refractivity contribution in [3.05, 3.63) is 36.5 Å². The minimum absolute atomic E-state index is 0.0666. The number of unbranched alkanes of at least 4 members (excludes halogenated alkanes) is 43. The molecule has 0 aromatic carbocycles. The van der Waals surface area contributed by atoms with Crippen molar-refractivity contribution in [2.75, 3.05) is 13.2 Å². The Bertz CT molecular complexity index is 1220. The number of allylic oxidation sites excluding steroid dienone is 6. The Morgan fingerprint density at radius 2 is 0.493 bits per heavy atom. The monoisotopic (exact) mass is 1020 g/mol. The van der Waals surface area contributed by atoms with Gasteiger partial charge in [0.2, 0.25) is 0 Å². The van der Waals surface area contributed by atoms with Crippen LogP contribution in [-0.4, -0.2) is 37.2 Å². The molecule has 0 amide bonds. The summed E-state index contributed by atoms with van der Waals surface area (Å²) in [4.78, 5) is 38.0. The Labute approximate surface area is 455 Å². The van der Waals surface area contributed by atoms with Gasteiger partial charge in [-0.1, -0.05) is 314 Å². The molecule has 0 heterocycles. The third-order valence-corrected chi connectivity index (χ3v) is 14.6. The third-order valence-electron chi connectivity index (χ3n) is 14.6. The maximum absolute atomic E-state index is 12.8. The zero-order valence-corrected chi connectivity index (χ0v) is 49.2. The summed E-state index contributed by atoms with van der Waals surface area (Å²) in [7, 11) is 0. The van der Waals surface area contributed by atoms with Gasteiger partial charge in [0, 0.05) is 19.3 Å². The zero-order valence-electron chi connectivity index (χ0n) is 49.2. The van der Waals surface area contributed by atoms with Crippen LogP contribution in [0.1, 0.15) is 355 Å². The summed E-state index contributed by atoms with van der Waals surface area (Å²) in [6.07, 6.45) is 76.3. The molecule has 0 spiro atoms. The normalized spacial score (nSPS) is 12.2. The second-order valence-electron chi connectivity index (χ2n) is 22.0. The van der Waals surface area contributed by atoms with Crippen molar-refractivity contribution in [2.24, 2.45) is 0 Å². The highest BCUT2D eigenvalue weighted by Crippen LogP contribution is 2.18. The molecule has 0 aromatic rings. The lowest BCUT2D eigenvalue weighted by Crippen LogP contribution is -2.30. The van der Waals surface area contributed by atoms with Gasteiger partial charge in [0.05, 0.1) is 0 Å². The molecule has 6 nitrogen and oxygen atoms in total. The van der Waals surface area contributed by atoms with Gasteiger partial charge in [0.25, 0.3) is 0 Å². The molecule has 0 fully saturated rings. The van der Waals surface area contributed by atoms with E-state index < -0.39 is 6.10 Å². The van der Waals surface area contributed by atoms with Crippen molar-refractivity contribution in [3.8, 4) is 0 Å². The van der Waals surface area contributed by atoms with Crippen molar-refractivity contribution in [2.45, 2.75) is 361 Å². The summed E-state index contributed by atoms with van der Waals surface area (Å²) in [5.41, 5.74) is 0. The van der Waals surface area contributed by atoms with Crippen LogP contribution in [0.5, 0.6) is 0 Å². The molecule has 1 unspecified atom stereocenters. The van der Waals surface area contributed by atoms with Crippen LogP contribution in [-0.2, 0) is 28.6 Å². The second-order valence-corrected chi connectivity index (χ2v) is 22.0. The molecule has 1 atom stereocenters. The molecule has 0 saturated carbocycles. The average Bonchev–Trinajstić information content (AvgIpc) is 3.39.